The van der Waals surface area contributed by atoms with Gasteiger partial charge in [0.2, 0.25) is 0 Å². The number of hydrogen-bond donors (Lipinski definition) is 0. The van der Waals surface area contributed by atoms with Crippen molar-refractivity contribution in [2.45, 2.75) is 0 Å². The molecule has 0 atom stereocenters. The fourth-order valence-electron chi connectivity index (χ4n) is 1.18. The molecule has 62 valence electrons. The fourth-order valence-corrected chi connectivity index (χ4v) is 1.18. The zero-order valence-corrected chi connectivity index (χ0v) is 6.79. The Morgan fingerprint density at radius 3 is 2.77 bits per heavy atom. The van der Waals surface area contributed by atoms with Crippen molar-refractivity contribution in [3.63, 3.8) is 0 Å². The standard InChI is InChI=1S/C11H6FN/c12-8-7-10-6-5-9-3-1-2-4-11(9)13-10/h1-6H. The van der Waals surface area contributed by atoms with E-state index in [1.165, 1.54) is 6.17 Å². The molecule has 0 fully saturated rings. The van der Waals surface area contributed by atoms with Crippen LogP contribution in [0.4, 0.5) is 4.39 Å². The Kier molecular flexibility index (Phi) is 1.93. The third kappa shape index (κ3) is 1.50. The lowest BCUT2D eigenvalue weighted by Gasteiger charge is -1.95. The van der Waals surface area contributed by atoms with Gasteiger partial charge in [-0.1, -0.05) is 24.3 Å². The Morgan fingerprint density at radius 1 is 1.08 bits per heavy atom. The zero-order valence-electron chi connectivity index (χ0n) is 6.79. The van der Waals surface area contributed by atoms with E-state index in [2.05, 4.69) is 10.9 Å². The largest absolute Gasteiger partial charge is 0.239 e. The van der Waals surface area contributed by atoms with E-state index >= 15 is 0 Å². The second-order valence-electron chi connectivity index (χ2n) is 2.61. The number of benzene rings is 1. The Hall–Kier alpha value is -1.88. The molecule has 0 saturated heterocycles. The summed E-state index contributed by atoms with van der Waals surface area (Å²) in [6.45, 7) is 0. The molecule has 1 heterocycles. The predicted octanol–water partition coefficient (Wildman–Crippen LogP) is 2.51. The quantitative estimate of drug-likeness (QED) is 0.555. The lowest BCUT2D eigenvalue weighted by Crippen LogP contribution is -1.82. The van der Waals surface area contributed by atoms with E-state index in [0.717, 1.165) is 10.9 Å². The molecule has 2 aromatic rings. The number of fused-ring (bicyclic) bond motifs is 1. The molecule has 0 radical (unpaired) electrons. The number of rotatable bonds is 0. The van der Waals surface area contributed by atoms with Gasteiger partial charge in [-0.25, -0.2) is 4.98 Å². The van der Waals surface area contributed by atoms with Crippen LogP contribution in [0.25, 0.3) is 10.9 Å². The average Bonchev–Trinajstić information content (AvgIpc) is 2.18. The molecule has 1 nitrogen and oxygen atoms in total. The maximum atomic E-state index is 11.7. The number of para-hydroxylation sites is 1. The molecule has 0 unspecified atom stereocenters. The molecule has 13 heavy (non-hydrogen) atoms. The normalized spacial score (nSPS) is 9.31. The van der Waals surface area contributed by atoms with Gasteiger partial charge in [0.05, 0.1) is 5.52 Å². The van der Waals surface area contributed by atoms with Crippen LogP contribution >= 0.6 is 0 Å². The maximum absolute atomic E-state index is 11.7. The molecule has 2 rings (SSSR count). The molecule has 1 aromatic heterocycles. The van der Waals surface area contributed by atoms with Crippen molar-refractivity contribution in [3.05, 3.63) is 42.1 Å². The molecule has 2 heteroatoms. The summed E-state index contributed by atoms with van der Waals surface area (Å²) in [5.41, 5.74) is 1.30. The van der Waals surface area contributed by atoms with E-state index < -0.39 is 0 Å². The highest BCUT2D eigenvalue weighted by Gasteiger charge is 1.93. The van der Waals surface area contributed by atoms with E-state index in [1.807, 2.05) is 30.3 Å². The molecule has 0 spiro atoms. The van der Waals surface area contributed by atoms with E-state index in [4.69, 9.17) is 0 Å². The summed E-state index contributed by atoms with van der Waals surface area (Å²) in [5.74, 6) is 2.27. The molecule has 0 aliphatic carbocycles. The summed E-state index contributed by atoms with van der Waals surface area (Å²) in [4.78, 5) is 4.15. The zero-order chi connectivity index (χ0) is 9.10. The number of aromatic nitrogens is 1. The van der Waals surface area contributed by atoms with Crippen molar-refractivity contribution in [1.29, 1.82) is 0 Å². The minimum atomic E-state index is 0.459. The number of halogens is 1. The molecule has 0 N–H and O–H groups in total. The molecule has 1 aromatic carbocycles. The van der Waals surface area contributed by atoms with Gasteiger partial charge in [0.1, 0.15) is 11.9 Å². The van der Waals surface area contributed by atoms with Gasteiger partial charge in [0.15, 0.2) is 0 Å². The average molecular weight is 171 g/mol. The van der Waals surface area contributed by atoms with Gasteiger partial charge in [-0.3, -0.25) is 0 Å². The van der Waals surface area contributed by atoms with Crippen molar-refractivity contribution in [2.24, 2.45) is 0 Å². The van der Waals surface area contributed by atoms with Crippen molar-refractivity contribution >= 4 is 10.9 Å². The van der Waals surface area contributed by atoms with Crippen LogP contribution < -0.4 is 0 Å². The molecular formula is C11H6FN. The highest BCUT2D eigenvalue weighted by Crippen LogP contribution is 2.10. The number of hydrogen-bond acceptors (Lipinski definition) is 1. The number of pyridine rings is 1. The topological polar surface area (TPSA) is 12.9 Å². The third-order valence-electron chi connectivity index (χ3n) is 1.77. The Balaban J connectivity index is 2.66. The summed E-state index contributed by atoms with van der Waals surface area (Å²) >= 11 is 0. The van der Waals surface area contributed by atoms with Gasteiger partial charge in [-0.05, 0) is 18.1 Å². The van der Waals surface area contributed by atoms with E-state index in [0.29, 0.717) is 5.69 Å². The van der Waals surface area contributed by atoms with Crippen LogP contribution in [0.1, 0.15) is 5.69 Å². The molecule has 0 saturated carbocycles. The van der Waals surface area contributed by atoms with Crippen LogP contribution in [0.5, 0.6) is 0 Å². The van der Waals surface area contributed by atoms with Gasteiger partial charge in [0, 0.05) is 5.39 Å². The van der Waals surface area contributed by atoms with Gasteiger partial charge < -0.3 is 0 Å². The van der Waals surface area contributed by atoms with Crippen LogP contribution in [0.2, 0.25) is 0 Å². The first-order valence-corrected chi connectivity index (χ1v) is 3.87. The number of nitrogens with zero attached hydrogens (tertiary/aromatic N) is 1. The third-order valence-corrected chi connectivity index (χ3v) is 1.77. The summed E-state index contributed by atoms with van der Waals surface area (Å²) in [7, 11) is 0. The maximum Gasteiger partial charge on any atom is 0.116 e. The minimum absolute atomic E-state index is 0.459. The molecule has 0 bridgehead atoms. The Labute approximate surface area is 75.2 Å². The van der Waals surface area contributed by atoms with Crippen molar-refractivity contribution in [2.75, 3.05) is 0 Å². The summed E-state index contributed by atoms with van der Waals surface area (Å²) < 4.78 is 11.7. The first-order valence-electron chi connectivity index (χ1n) is 3.87. The van der Waals surface area contributed by atoms with Crippen molar-refractivity contribution in [1.82, 2.24) is 4.98 Å². The predicted molar refractivity (Wildman–Crippen MR) is 49.7 cm³/mol. The van der Waals surface area contributed by atoms with Crippen LogP contribution in [0.15, 0.2) is 36.4 Å². The van der Waals surface area contributed by atoms with Crippen LogP contribution in [-0.2, 0) is 0 Å². The molecule has 0 aliphatic heterocycles. The van der Waals surface area contributed by atoms with Crippen LogP contribution in [-0.4, -0.2) is 4.98 Å². The SMILES string of the molecule is FC#Cc1ccc2ccccc2n1. The lowest BCUT2D eigenvalue weighted by atomic mass is 10.2. The second kappa shape index (κ2) is 3.24. The Morgan fingerprint density at radius 2 is 1.92 bits per heavy atom. The van der Waals surface area contributed by atoms with Gasteiger partial charge in [0.25, 0.3) is 0 Å². The smallest absolute Gasteiger partial charge is 0.116 e. The van der Waals surface area contributed by atoms with Gasteiger partial charge >= 0.3 is 0 Å². The highest BCUT2D eigenvalue weighted by atomic mass is 19.1. The lowest BCUT2D eigenvalue weighted by molar-refractivity contribution is 0.773. The minimum Gasteiger partial charge on any atom is -0.239 e. The van der Waals surface area contributed by atoms with Gasteiger partial charge in [-0.2, -0.15) is 0 Å². The van der Waals surface area contributed by atoms with E-state index in [1.54, 1.807) is 6.07 Å². The summed E-state index contributed by atoms with van der Waals surface area (Å²) in [6.07, 6.45) is 1.34. The highest BCUT2D eigenvalue weighted by molar-refractivity contribution is 5.78. The first-order chi connectivity index (χ1) is 6.40. The van der Waals surface area contributed by atoms with Crippen molar-refractivity contribution < 1.29 is 4.39 Å². The summed E-state index contributed by atoms with van der Waals surface area (Å²) in [5, 5.41) is 1.03. The first kappa shape index (κ1) is 7.75. The molecule has 0 aliphatic rings. The fraction of sp³-hybridized carbons (Fsp3) is 0. The van der Waals surface area contributed by atoms with Crippen LogP contribution in [0, 0.1) is 12.1 Å². The molecular weight excluding hydrogens is 165 g/mol. The van der Waals surface area contributed by atoms with Crippen molar-refractivity contribution in [3.8, 4) is 12.1 Å². The van der Waals surface area contributed by atoms with E-state index in [-0.39, 0.29) is 0 Å². The summed E-state index contributed by atoms with van der Waals surface area (Å²) in [6, 6.07) is 11.2. The van der Waals surface area contributed by atoms with Crippen LogP contribution in [0.3, 0.4) is 0 Å². The van der Waals surface area contributed by atoms with E-state index in [9.17, 15) is 4.39 Å². The van der Waals surface area contributed by atoms with Gasteiger partial charge in [-0.15, -0.1) is 4.39 Å². The monoisotopic (exact) mass is 171 g/mol. The molecule has 0 amide bonds. The Bertz CT molecular complexity index is 494. The second-order valence-corrected chi connectivity index (χ2v) is 2.61.